The normalized spacial score (nSPS) is 15.6. The van der Waals surface area contributed by atoms with E-state index in [1.54, 1.807) is 18.2 Å². The fourth-order valence-corrected chi connectivity index (χ4v) is 2.09. The van der Waals surface area contributed by atoms with Crippen molar-refractivity contribution in [1.29, 1.82) is 0 Å². The molecule has 1 heterocycles. The van der Waals surface area contributed by atoms with Crippen LogP contribution in [0, 0.1) is 0 Å². The summed E-state index contributed by atoms with van der Waals surface area (Å²) in [5.74, 6) is 0.215. The van der Waals surface area contributed by atoms with Crippen molar-refractivity contribution in [3.05, 3.63) is 70.2 Å². The van der Waals surface area contributed by atoms with Gasteiger partial charge in [0.05, 0.1) is 5.56 Å². The lowest BCUT2D eigenvalue weighted by Gasteiger charge is -1.99. The van der Waals surface area contributed by atoms with E-state index in [0.29, 0.717) is 16.3 Å². The van der Waals surface area contributed by atoms with Gasteiger partial charge in [-0.25, -0.2) is 4.79 Å². The van der Waals surface area contributed by atoms with Crippen LogP contribution < -0.4 is 0 Å². The number of carbonyl (C=O) groups excluding carboxylic acids is 1. The van der Waals surface area contributed by atoms with Gasteiger partial charge in [-0.05, 0) is 29.8 Å². The fraction of sp³-hybridized carbons (Fsp3) is 0. The van der Waals surface area contributed by atoms with Crippen molar-refractivity contribution < 1.29 is 9.53 Å². The maximum Gasteiger partial charge on any atom is 0.344 e. The summed E-state index contributed by atoms with van der Waals surface area (Å²) in [7, 11) is 0. The highest BCUT2D eigenvalue weighted by atomic mass is 35.5. The van der Waals surface area contributed by atoms with E-state index in [-0.39, 0.29) is 5.97 Å². The summed E-state index contributed by atoms with van der Waals surface area (Å²) in [6.45, 7) is 0. The average Bonchev–Trinajstić information content (AvgIpc) is 2.67. The van der Waals surface area contributed by atoms with E-state index in [1.165, 1.54) is 0 Å². The number of esters is 1. The second kappa shape index (κ2) is 4.31. The number of ether oxygens (including phenoxy) is 1. The number of halogens is 1. The molecule has 1 aliphatic rings. The molecule has 88 valence electrons. The molecule has 0 unspecified atom stereocenters. The van der Waals surface area contributed by atoms with Gasteiger partial charge < -0.3 is 4.74 Å². The Kier molecular flexibility index (Phi) is 2.65. The van der Waals surface area contributed by atoms with E-state index in [2.05, 4.69) is 0 Å². The van der Waals surface area contributed by atoms with Crippen molar-refractivity contribution >= 4 is 29.4 Å². The second-order valence-electron chi connectivity index (χ2n) is 4.00. The van der Waals surface area contributed by atoms with Crippen LogP contribution in [-0.4, -0.2) is 5.97 Å². The van der Waals surface area contributed by atoms with Gasteiger partial charge in [0, 0.05) is 10.6 Å². The summed E-state index contributed by atoms with van der Waals surface area (Å²) in [6.07, 6.45) is 1.83. The quantitative estimate of drug-likeness (QED) is 0.721. The molecule has 0 radical (unpaired) electrons. The predicted octanol–water partition coefficient (Wildman–Crippen LogP) is 4.01. The van der Waals surface area contributed by atoms with Crippen molar-refractivity contribution in [2.75, 3.05) is 0 Å². The molecule has 0 amide bonds. The van der Waals surface area contributed by atoms with Crippen molar-refractivity contribution in [2.24, 2.45) is 0 Å². The number of rotatable bonds is 1. The van der Waals surface area contributed by atoms with Gasteiger partial charge in [0.1, 0.15) is 5.76 Å². The Bertz CT molecular complexity index is 645. The van der Waals surface area contributed by atoms with Crippen LogP contribution in [-0.2, 0) is 4.74 Å². The van der Waals surface area contributed by atoms with Gasteiger partial charge in [-0.15, -0.1) is 0 Å². The number of cyclic esters (lactones) is 1. The Hall–Kier alpha value is -2.06. The topological polar surface area (TPSA) is 26.3 Å². The van der Waals surface area contributed by atoms with Gasteiger partial charge in [0.15, 0.2) is 0 Å². The van der Waals surface area contributed by atoms with Crippen LogP contribution in [0.2, 0.25) is 5.02 Å². The number of carbonyl (C=O) groups is 1. The lowest BCUT2D eigenvalue weighted by molar-refractivity contribution is 0.0717. The number of hydrogen-bond donors (Lipinski definition) is 0. The molecular weight excluding hydrogens is 248 g/mol. The van der Waals surface area contributed by atoms with E-state index >= 15 is 0 Å². The van der Waals surface area contributed by atoms with Crippen molar-refractivity contribution in [3.8, 4) is 0 Å². The number of fused-ring (bicyclic) bond motifs is 1. The molecule has 18 heavy (non-hydrogen) atoms. The minimum absolute atomic E-state index is 0.330. The van der Waals surface area contributed by atoms with Gasteiger partial charge >= 0.3 is 5.97 Å². The molecule has 2 nitrogen and oxygen atoms in total. The lowest BCUT2D eigenvalue weighted by atomic mass is 10.1. The SMILES string of the molecule is O=C1OC(=Cc2ccccc2)c2cc(Cl)ccc21. The minimum Gasteiger partial charge on any atom is -0.422 e. The molecule has 2 aromatic carbocycles. The molecule has 0 atom stereocenters. The molecular formula is C15H9ClO2. The molecule has 0 bridgehead atoms. The second-order valence-corrected chi connectivity index (χ2v) is 4.44. The summed E-state index contributed by atoms with van der Waals surface area (Å²) >= 11 is 5.95. The Morgan fingerprint density at radius 3 is 2.56 bits per heavy atom. The summed E-state index contributed by atoms with van der Waals surface area (Å²) < 4.78 is 5.25. The van der Waals surface area contributed by atoms with Crippen LogP contribution in [0.25, 0.3) is 11.8 Å². The summed E-state index contributed by atoms with van der Waals surface area (Å²) in [4.78, 5) is 11.7. The summed E-state index contributed by atoms with van der Waals surface area (Å²) in [5, 5.41) is 0.589. The molecule has 3 heteroatoms. The van der Waals surface area contributed by atoms with Crippen LogP contribution in [0.1, 0.15) is 21.5 Å². The number of benzene rings is 2. The highest BCUT2D eigenvalue weighted by molar-refractivity contribution is 6.31. The molecule has 0 N–H and O–H groups in total. The average molecular weight is 257 g/mol. The van der Waals surface area contributed by atoms with E-state index in [4.69, 9.17) is 16.3 Å². The van der Waals surface area contributed by atoms with E-state index < -0.39 is 0 Å². The van der Waals surface area contributed by atoms with Crippen molar-refractivity contribution in [2.45, 2.75) is 0 Å². The van der Waals surface area contributed by atoms with Crippen LogP contribution in [0.5, 0.6) is 0 Å². The van der Waals surface area contributed by atoms with Gasteiger partial charge in [-0.3, -0.25) is 0 Å². The number of hydrogen-bond acceptors (Lipinski definition) is 2. The van der Waals surface area contributed by atoms with E-state index in [0.717, 1.165) is 11.1 Å². The third-order valence-electron chi connectivity index (χ3n) is 2.77. The molecule has 0 saturated carbocycles. The molecule has 0 aromatic heterocycles. The molecule has 2 aromatic rings. The molecule has 0 aliphatic carbocycles. The third kappa shape index (κ3) is 1.91. The van der Waals surface area contributed by atoms with E-state index in [1.807, 2.05) is 36.4 Å². The maximum atomic E-state index is 11.7. The minimum atomic E-state index is -0.330. The fourth-order valence-electron chi connectivity index (χ4n) is 1.92. The van der Waals surface area contributed by atoms with E-state index in [9.17, 15) is 4.79 Å². The summed E-state index contributed by atoms with van der Waals surface area (Å²) in [5.41, 5.74) is 2.28. The van der Waals surface area contributed by atoms with Gasteiger partial charge in [0.25, 0.3) is 0 Å². The molecule has 1 aliphatic heterocycles. The summed E-state index contributed by atoms with van der Waals surface area (Å²) in [6, 6.07) is 14.8. The Labute approximate surface area is 109 Å². The zero-order valence-corrected chi connectivity index (χ0v) is 10.1. The largest absolute Gasteiger partial charge is 0.422 e. The maximum absolute atomic E-state index is 11.7. The van der Waals surface area contributed by atoms with Gasteiger partial charge in [-0.1, -0.05) is 41.9 Å². The third-order valence-corrected chi connectivity index (χ3v) is 3.00. The Morgan fingerprint density at radius 2 is 1.78 bits per heavy atom. The van der Waals surface area contributed by atoms with Gasteiger partial charge in [0.2, 0.25) is 0 Å². The Balaban J connectivity index is 2.10. The smallest absolute Gasteiger partial charge is 0.344 e. The van der Waals surface area contributed by atoms with Crippen molar-refractivity contribution in [1.82, 2.24) is 0 Å². The highest BCUT2D eigenvalue weighted by Gasteiger charge is 2.26. The highest BCUT2D eigenvalue weighted by Crippen LogP contribution is 2.33. The van der Waals surface area contributed by atoms with Crippen LogP contribution in [0.15, 0.2) is 48.5 Å². The van der Waals surface area contributed by atoms with Crippen LogP contribution in [0.3, 0.4) is 0 Å². The van der Waals surface area contributed by atoms with Crippen molar-refractivity contribution in [3.63, 3.8) is 0 Å². The molecule has 0 spiro atoms. The zero-order chi connectivity index (χ0) is 12.5. The zero-order valence-electron chi connectivity index (χ0n) is 9.39. The van der Waals surface area contributed by atoms with Crippen LogP contribution in [0.4, 0.5) is 0 Å². The Morgan fingerprint density at radius 1 is 1.00 bits per heavy atom. The standard InChI is InChI=1S/C15H9ClO2/c16-11-6-7-12-13(9-11)14(18-15(12)17)8-10-4-2-1-3-5-10/h1-9H. The lowest BCUT2D eigenvalue weighted by Crippen LogP contribution is -1.92. The van der Waals surface area contributed by atoms with Gasteiger partial charge in [-0.2, -0.15) is 0 Å². The first-order valence-electron chi connectivity index (χ1n) is 5.53. The first-order valence-corrected chi connectivity index (χ1v) is 5.91. The molecule has 0 fully saturated rings. The first kappa shape index (κ1) is 11.1. The first-order chi connectivity index (χ1) is 8.74. The molecule has 3 rings (SSSR count). The predicted molar refractivity (Wildman–Crippen MR) is 71.2 cm³/mol. The van der Waals surface area contributed by atoms with Crippen LogP contribution >= 0.6 is 11.6 Å². The monoisotopic (exact) mass is 256 g/mol. The molecule has 0 saturated heterocycles.